The molecule has 2 aliphatic rings. The number of hydrogen-bond acceptors (Lipinski definition) is 4. The molecule has 2 fully saturated rings. The van der Waals surface area contributed by atoms with Crippen LogP contribution in [0.2, 0.25) is 0 Å². The maximum Gasteiger partial charge on any atom is 0.410 e. The van der Waals surface area contributed by atoms with Crippen LogP contribution in [0.15, 0.2) is 23.1 Å². The Morgan fingerprint density at radius 2 is 2.00 bits per heavy atom. The standard InChI is InChI=1S/C22H32FNO3S/c1-22(2,3)27-21(25)24-9-7-16(8-10-24)18-12-17(18)14-26-13-15-5-6-20(28-4)19(23)11-15/h5-6,11,16-18H,7-10,12-14H2,1-4H3. The third-order valence-corrected chi connectivity index (χ3v) is 6.36. The molecule has 1 saturated carbocycles. The van der Waals surface area contributed by atoms with Gasteiger partial charge in [0.05, 0.1) is 13.2 Å². The van der Waals surface area contributed by atoms with Gasteiger partial charge in [0, 0.05) is 18.0 Å². The maximum atomic E-state index is 13.8. The van der Waals surface area contributed by atoms with E-state index in [0.29, 0.717) is 29.3 Å². The molecule has 0 spiro atoms. The van der Waals surface area contributed by atoms with Crippen LogP contribution in [-0.4, -0.2) is 42.5 Å². The number of carbonyl (C=O) groups is 1. The number of benzene rings is 1. The topological polar surface area (TPSA) is 38.8 Å². The number of piperidine rings is 1. The van der Waals surface area contributed by atoms with Gasteiger partial charge >= 0.3 is 6.09 Å². The van der Waals surface area contributed by atoms with Crippen LogP contribution >= 0.6 is 11.8 Å². The largest absolute Gasteiger partial charge is 0.444 e. The van der Waals surface area contributed by atoms with Crippen LogP contribution in [0.25, 0.3) is 0 Å². The van der Waals surface area contributed by atoms with Crippen molar-refractivity contribution in [1.82, 2.24) is 4.90 Å². The molecule has 1 amide bonds. The summed E-state index contributed by atoms with van der Waals surface area (Å²) in [6.07, 6.45) is 4.97. The highest BCUT2D eigenvalue weighted by molar-refractivity contribution is 7.98. The number of rotatable bonds is 6. The van der Waals surface area contributed by atoms with E-state index in [4.69, 9.17) is 9.47 Å². The molecule has 2 unspecified atom stereocenters. The van der Waals surface area contributed by atoms with Gasteiger partial charge in [0.2, 0.25) is 0 Å². The van der Waals surface area contributed by atoms with Gasteiger partial charge in [0.25, 0.3) is 0 Å². The zero-order chi connectivity index (χ0) is 20.3. The second kappa shape index (κ2) is 9.04. The molecule has 1 aromatic carbocycles. The smallest absolute Gasteiger partial charge is 0.410 e. The van der Waals surface area contributed by atoms with E-state index in [1.54, 1.807) is 6.07 Å². The van der Waals surface area contributed by atoms with Crippen LogP contribution in [0.3, 0.4) is 0 Å². The fourth-order valence-corrected chi connectivity index (χ4v) is 4.46. The fraction of sp³-hybridized carbons (Fsp3) is 0.682. The third kappa shape index (κ3) is 5.86. The number of hydrogen-bond donors (Lipinski definition) is 0. The molecule has 0 bridgehead atoms. The fourth-order valence-electron chi connectivity index (χ4n) is 4.00. The Bertz CT molecular complexity index is 683. The first kappa shape index (κ1) is 21.4. The molecule has 1 aliphatic heterocycles. The first-order valence-electron chi connectivity index (χ1n) is 10.1. The lowest BCUT2D eigenvalue weighted by molar-refractivity contribution is 0.0170. The molecule has 6 heteroatoms. The molecular weight excluding hydrogens is 377 g/mol. The summed E-state index contributed by atoms with van der Waals surface area (Å²) in [5.41, 5.74) is 0.448. The summed E-state index contributed by atoms with van der Waals surface area (Å²) in [5.74, 6) is 1.81. The molecule has 4 nitrogen and oxygen atoms in total. The van der Waals surface area contributed by atoms with Crippen LogP contribution < -0.4 is 0 Å². The Morgan fingerprint density at radius 3 is 2.61 bits per heavy atom. The van der Waals surface area contributed by atoms with Crippen LogP contribution in [0, 0.1) is 23.6 Å². The molecule has 156 valence electrons. The van der Waals surface area contributed by atoms with Crippen molar-refractivity contribution in [2.45, 2.75) is 57.1 Å². The number of amides is 1. The number of carbonyl (C=O) groups excluding carboxylic acids is 1. The van der Waals surface area contributed by atoms with Crippen LogP contribution in [0.5, 0.6) is 0 Å². The first-order chi connectivity index (χ1) is 13.3. The zero-order valence-electron chi connectivity index (χ0n) is 17.4. The summed E-state index contributed by atoms with van der Waals surface area (Å²) < 4.78 is 25.1. The molecule has 2 atom stereocenters. The molecule has 28 heavy (non-hydrogen) atoms. The molecule has 0 aromatic heterocycles. The highest BCUT2D eigenvalue weighted by Gasteiger charge is 2.44. The third-order valence-electron chi connectivity index (χ3n) is 5.59. The van der Waals surface area contributed by atoms with Gasteiger partial charge in [-0.3, -0.25) is 0 Å². The van der Waals surface area contributed by atoms with Gasteiger partial charge in [0.15, 0.2) is 0 Å². The van der Waals surface area contributed by atoms with Crippen molar-refractivity contribution in [3.05, 3.63) is 29.6 Å². The normalized spacial score (nSPS) is 23.0. The minimum absolute atomic E-state index is 0.172. The highest BCUT2D eigenvalue weighted by Crippen LogP contribution is 2.48. The summed E-state index contributed by atoms with van der Waals surface area (Å²) in [6, 6.07) is 5.32. The average molecular weight is 410 g/mol. The van der Waals surface area contributed by atoms with E-state index in [2.05, 4.69) is 0 Å². The van der Waals surface area contributed by atoms with Crippen molar-refractivity contribution in [3.63, 3.8) is 0 Å². The van der Waals surface area contributed by atoms with Crippen molar-refractivity contribution in [2.24, 2.45) is 17.8 Å². The van der Waals surface area contributed by atoms with Crippen LogP contribution in [0.4, 0.5) is 9.18 Å². The Hall–Kier alpha value is -1.27. The lowest BCUT2D eigenvalue weighted by atomic mass is 9.91. The summed E-state index contributed by atoms with van der Waals surface area (Å²) >= 11 is 1.42. The van der Waals surface area contributed by atoms with E-state index in [-0.39, 0.29) is 11.9 Å². The van der Waals surface area contributed by atoms with Gasteiger partial charge in [-0.05, 0) is 81.7 Å². The number of halogens is 1. The highest BCUT2D eigenvalue weighted by atomic mass is 32.2. The monoisotopic (exact) mass is 409 g/mol. The zero-order valence-corrected chi connectivity index (χ0v) is 18.2. The van der Waals surface area contributed by atoms with Crippen LogP contribution in [-0.2, 0) is 16.1 Å². The quantitative estimate of drug-likeness (QED) is 0.594. The lowest BCUT2D eigenvalue weighted by Gasteiger charge is -2.33. The molecule has 1 saturated heterocycles. The predicted molar refractivity (Wildman–Crippen MR) is 110 cm³/mol. The van der Waals surface area contributed by atoms with Crippen molar-refractivity contribution < 1.29 is 18.7 Å². The lowest BCUT2D eigenvalue weighted by Crippen LogP contribution is -2.42. The van der Waals surface area contributed by atoms with Gasteiger partial charge in [-0.25, -0.2) is 9.18 Å². The number of thioether (sulfide) groups is 1. The SMILES string of the molecule is CSc1ccc(COCC2CC2C2CCN(C(=O)OC(C)(C)C)CC2)cc1F. The van der Waals surface area contributed by atoms with Crippen molar-refractivity contribution >= 4 is 17.9 Å². The van der Waals surface area contributed by atoms with E-state index in [9.17, 15) is 9.18 Å². The number of likely N-dealkylation sites (tertiary alicyclic amines) is 1. The summed E-state index contributed by atoms with van der Waals surface area (Å²) in [5, 5.41) is 0. The molecule has 1 heterocycles. The van der Waals surface area contributed by atoms with Crippen molar-refractivity contribution in [1.29, 1.82) is 0 Å². The Labute approximate surface area is 172 Å². The Morgan fingerprint density at radius 1 is 1.29 bits per heavy atom. The summed E-state index contributed by atoms with van der Waals surface area (Å²) in [4.78, 5) is 14.7. The van der Waals surface area contributed by atoms with Gasteiger partial charge in [-0.15, -0.1) is 11.8 Å². The first-order valence-corrected chi connectivity index (χ1v) is 11.4. The summed E-state index contributed by atoms with van der Waals surface area (Å²) in [7, 11) is 0. The maximum absolute atomic E-state index is 13.8. The van der Waals surface area contributed by atoms with E-state index < -0.39 is 5.60 Å². The minimum atomic E-state index is -0.439. The van der Waals surface area contributed by atoms with Crippen molar-refractivity contribution in [2.75, 3.05) is 26.0 Å². The average Bonchev–Trinajstić information content (AvgIpc) is 3.40. The van der Waals surface area contributed by atoms with Gasteiger partial charge in [-0.2, -0.15) is 0 Å². The van der Waals surface area contributed by atoms with Gasteiger partial charge in [0.1, 0.15) is 11.4 Å². The Balaban J connectivity index is 1.35. The van der Waals surface area contributed by atoms with Gasteiger partial charge < -0.3 is 14.4 Å². The second-order valence-electron chi connectivity index (χ2n) is 8.95. The molecule has 1 aromatic rings. The molecular formula is C22H32FNO3S. The van der Waals surface area contributed by atoms with Gasteiger partial charge in [-0.1, -0.05) is 6.07 Å². The van der Waals surface area contributed by atoms with E-state index in [0.717, 1.165) is 38.1 Å². The van der Waals surface area contributed by atoms with E-state index in [1.807, 2.05) is 44.1 Å². The number of nitrogens with zero attached hydrogens (tertiary/aromatic N) is 1. The van der Waals surface area contributed by atoms with E-state index in [1.165, 1.54) is 18.2 Å². The number of ether oxygens (including phenoxy) is 2. The second-order valence-corrected chi connectivity index (χ2v) is 9.80. The molecule has 0 N–H and O–H groups in total. The van der Waals surface area contributed by atoms with Crippen molar-refractivity contribution in [3.8, 4) is 0 Å². The molecule has 1 aliphatic carbocycles. The predicted octanol–water partition coefficient (Wildman–Crippen LogP) is 5.35. The minimum Gasteiger partial charge on any atom is -0.444 e. The molecule has 3 rings (SSSR count). The summed E-state index contributed by atoms with van der Waals surface area (Å²) in [6.45, 7) is 8.47. The Kier molecular flexibility index (Phi) is 6.92. The molecule has 0 radical (unpaired) electrons. The van der Waals surface area contributed by atoms with E-state index >= 15 is 0 Å². The van der Waals surface area contributed by atoms with Crippen LogP contribution in [0.1, 0.15) is 45.6 Å².